The number of hydrogen-bond acceptors (Lipinski definition) is 3. The van der Waals surface area contributed by atoms with Crippen molar-refractivity contribution in [2.45, 2.75) is 64.3 Å². The zero-order chi connectivity index (χ0) is 20.4. The molecule has 0 saturated carbocycles. The Balaban J connectivity index is 1.46. The highest BCUT2D eigenvalue weighted by Crippen LogP contribution is 2.52. The SMILES string of the molecule is CCN(CC)C(=O)C[C@H]1CC2(CCN(Cc3ccc(C)o3)CC2)c2ccccc21. The molecule has 1 amide bonds. The van der Waals surface area contributed by atoms with Gasteiger partial charge >= 0.3 is 0 Å². The van der Waals surface area contributed by atoms with E-state index in [-0.39, 0.29) is 5.41 Å². The van der Waals surface area contributed by atoms with Crippen molar-refractivity contribution < 1.29 is 9.21 Å². The number of carbonyl (C=O) groups excluding carboxylic acids is 1. The minimum absolute atomic E-state index is 0.236. The first-order chi connectivity index (χ1) is 14.0. The van der Waals surface area contributed by atoms with E-state index >= 15 is 0 Å². The summed E-state index contributed by atoms with van der Waals surface area (Å²) in [5.41, 5.74) is 3.16. The van der Waals surface area contributed by atoms with Gasteiger partial charge in [0.2, 0.25) is 5.91 Å². The van der Waals surface area contributed by atoms with E-state index in [2.05, 4.69) is 49.1 Å². The molecule has 29 heavy (non-hydrogen) atoms. The highest BCUT2D eigenvalue weighted by molar-refractivity contribution is 5.77. The van der Waals surface area contributed by atoms with Gasteiger partial charge in [-0.3, -0.25) is 9.69 Å². The highest BCUT2D eigenvalue weighted by Gasteiger charge is 2.45. The van der Waals surface area contributed by atoms with Crippen molar-refractivity contribution in [3.63, 3.8) is 0 Å². The molecule has 4 heteroatoms. The second-order valence-electron chi connectivity index (χ2n) is 8.83. The number of carbonyl (C=O) groups is 1. The number of rotatable bonds is 6. The monoisotopic (exact) mass is 394 g/mol. The van der Waals surface area contributed by atoms with Gasteiger partial charge in [-0.15, -0.1) is 0 Å². The summed E-state index contributed by atoms with van der Waals surface area (Å²) in [4.78, 5) is 17.3. The van der Waals surface area contributed by atoms with Crippen LogP contribution in [0, 0.1) is 6.92 Å². The minimum Gasteiger partial charge on any atom is -0.465 e. The van der Waals surface area contributed by atoms with E-state index in [4.69, 9.17) is 4.42 Å². The molecule has 2 aromatic rings. The summed E-state index contributed by atoms with van der Waals surface area (Å²) in [6, 6.07) is 13.0. The second-order valence-corrected chi connectivity index (χ2v) is 8.83. The van der Waals surface area contributed by atoms with Crippen molar-refractivity contribution in [3.8, 4) is 0 Å². The molecule has 0 unspecified atom stereocenters. The molecule has 2 heterocycles. The van der Waals surface area contributed by atoms with Gasteiger partial charge in [-0.1, -0.05) is 24.3 Å². The van der Waals surface area contributed by atoms with E-state index < -0.39 is 0 Å². The Labute approximate surface area is 174 Å². The molecule has 1 saturated heterocycles. The number of hydrogen-bond donors (Lipinski definition) is 0. The Kier molecular flexibility index (Phi) is 5.82. The molecule has 1 aromatic carbocycles. The molecule has 2 aliphatic rings. The molecule has 1 aliphatic heterocycles. The van der Waals surface area contributed by atoms with Crippen LogP contribution in [0.25, 0.3) is 0 Å². The van der Waals surface area contributed by atoms with Crippen LogP contribution in [0.5, 0.6) is 0 Å². The number of amides is 1. The van der Waals surface area contributed by atoms with Gasteiger partial charge in [0.25, 0.3) is 0 Å². The fraction of sp³-hybridized carbons (Fsp3) is 0.560. The molecule has 0 N–H and O–H groups in total. The van der Waals surface area contributed by atoms with E-state index in [1.807, 2.05) is 17.9 Å². The summed E-state index contributed by atoms with van der Waals surface area (Å²) >= 11 is 0. The standard InChI is InChI=1S/C25H34N2O2/c1-4-27(5-2)24(28)16-20-17-25(23-9-7-6-8-22(20)23)12-14-26(15-13-25)18-21-11-10-19(3)29-21/h6-11,20H,4-5,12-18H2,1-3H3/t20-/m0/s1. The lowest BCUT2D eigenvalue weighted by Crippen LogP contribution is -2.41. The number of aryl methyl sites for hydroxylation is 1. The lowest BCUT2D eigenvalue weighted by Gasteiger charge is -2.40. The van der Waals surface area contributed by atoms with Crippen LogP contribution in [0.15, 0.2) is 40.8 Å². The number of benzene rings is 1. The van der Waals surface area contributed by atoms with Crippen LogP contribution in [0.2, 0.25) is 0 Å². The molecule has 156 valence electrons. The Hall–Kier alpha value is -2.07. The molecular formula is C25H34N2O2. The largest absolute Gasteiger partial charge is 0.465 e. The summed E-state index contributed by atoms with van der Waals surface area (Å²) < 4.78 is 5.78. The van der Waals surface area contributed by atoms with Crippen molar-refractivity contribution in [2.75, 3.05) is 26.2 Å². The number of nitrogens with zero attached hydrogens (tertiary/aromatic N) is 2. The molecule has 1 spiro atoms. The fourth-order valence-corrected chi connectivity index (χ4v) is 5.53. The smallest absolute Gasteiger partial charge is 0.223 e. The lowest BCUT2D eigenvalue weighted by atomic mass is 9.73. The van der Waals surface area contributed by atoms with Crippen LogP contribution < -0.4 is 0 Å². The van der Waals surface area contributed by atoms with Gasteiger partial charge in [0.15, 0.2) is 0 Å². The van der Waals surface area contributed by atoms with Crippen LogP contribution in [-0.2, 0) is 16.8 Å². The summed E-state index contributed by atoms with van der Waals surface area (Å²) in [6.45, 7) is 10.8. The second kappa shape index (κ2) is 8.35. The van der Waals surface area contributed by atoms with Gasteiger partial charge in [-0.2, -0.15) is 0 Å². The molecule has 4 nitrogen and oxygen atoms in total. The van der Waals surface area contributed by atoms with E-state index in [1.54, 1.807) is 0 Å². The van der Waals surface area contributed by atoms with E-state index in [1.165, 1.54) is 24.0 Å². The Morgan fingerprint density at radius 2 is 1.86 bits per heavy atom. The first-order valence-electron chi connectivity index (χ1n) is 11.2. The molecular weight excluding hydrogens is 360 g/mol. The maximum Gasteiger partial charge on any atom is 0.223 e. The molecule has 0 bridgehead atoms. The minimum atomic E-state index is 0.236. The Bertz CT molecular complexity index is 844. The van der Waals surface area contributed by atoms with E-state index in [0.717, 1.165) is 50.7 Å². The molecule has 1 aromatic heterocycles. The highest BCUT2D eigenvalue weighted by atomic mass is 16.3. The maximum absolute atomic E-state index is 12.8. The third-order valence-electron chi connectivity index (χ3n) is 7.13. The van der Waals surface area contributed by atoms with Crippen molar-refractivity contribution in [2.24, 2.45) is 0 Å². The average molecular weight is 395 g/mol. The number of likely N-dealkylation sites (tertiary alicyclic amines) is 1. The normalized spacial score (nSPS) is 20.7. The van der Waals surface area contributed by atoms with Crippen molar-refractivity contribution in [3.05, 3.63) is 59.0 Å². The zero-order valence-corrected chi connectivity index (χ0v) is 18.1. The quantitative estimate of drug-likeness (QED) is 0.701. The molecule has 4 rings (SSSR count). The first-order valence-corrected chi connectivity index (χ1v) is 11.2. The topological polar surface area (TPSA) is 36.7 Å². The van der Waals surface area contributed by atoms with Gasteiger partial charge in [-0.25, -0.2) is 0 Å². The van der Waals surface area contributed by atoms with E-state index in [9.17, 15) is 4.79 Å². The van der Waals surface area contributed by atoms with Gasteiger partial charge < -0.3 is 9.32 Å². The lowest BCUT2D eigenvalue weighted by molar-refractivity contribution is -0.131. The third kappa shape index (κ3) is 4.00. The summed E-state index contributed by atoms with van der Waals surface area (Å²) in [5.74, 6) is 2.71. The van der Waals surface area contributed by atoms with E-state index in [0.29, 0.717) is 18.2 Å². The molecule has 1 fully saturated rings. The maximum atomic E-state index is 12.8. The predicted molar refractivity (Wildman–Crippen MR) is 116 cm³/mol. The van der Waals surface area contributed by atoms with Crippen molar-refractivity contribution in [1.29, 1.82) is 0 Å². The molecule has 0 radical (unpaired) electrons. The Morgan fingerprint density at radius 1 is 1.14 bits per heavy atom. The summed E-state index contributed by atoms with van der Waals surface area (Å²) in [6.07, 6.45) is 4.10. The molecule has 1 atom stereocenters. The van der Waals surface area contributed by atoms with Crippen LogP contribution in [0.4, 0.5) is 0 Å². The van der Waals surface area contributed by atoms with Crippen LogP contribution >= 0.6 is 0 Å². The predicted octanol–water partition coefficient (Wildman–Crippen LogP) is 4.87. The summed E-state index contributed by atoms with van der Waals surface area (Å²) in [7, 11) is 0. The summed E-state index contributed by atoms with van der Waals surface area (Å²) in [5, 5.41) is 0. The van der Waals surface area contributed by atoms with Gasteiger partial charge in [0, 0.05) is 19.5 Å². The number of fused-ring (bicyclic) bond motifs is 2. The van der Waals surface area contributed by atoms with Gasteiger partial charge in [0.05, 0.1) is 6.54 Å². The van der Waals surface area contributed by atoms with Crippen LogP contribution in [0.1, 0.15) is 68.1 Å². The van der Waals surface area contributed by atoms with Gasteiger partial charge in [0.1, 0.15) is 11.5 Å². The average Bonchev–Trinajstić information content (AvgIpc) is 3.27. The first kappa shape index (κ1) is 20.2. The Morgan fingerprint density at radius 3 is 2.52 bits per heavy atom. The van der Waals surface area contributed by atoms with Crippen LogP contribution in [-0.4, -0.2) is 41.9 Å². The molecule has 1 aliphatic carbocycles. The van der Waals surface area contributed by atoms with Crippen LogP contribution in [0.3, 0.4) is 0 Å². The van der Waals surface area contributed by atoms with Gasteiger partial charge in [-0.05, 0) is 87.7 Å². The fourth-order valence-electron chi connectivity index (χ4n) is 5.53. The number of furan rings is 1. The zero-order valence-electron chi connectivity index (χ0n) is 18.1. The van der Waals surface area contributed by atoms with Crippen molar-refractivity contribution >= 4 is 5.91 Å². The number of piperidine rings is 1. The third-order valence-corrected chi connectivity index (χ3v) is 7.13. The van der Waals surface area contributed by atoms with Crippen molar-refractivity contribution in [1.82, 2.24) is 9.80 Å².